The number of benzene rings is 1. The van der Waals surface area contributed by atoms with Gasteiger partial charge in [0.1, 0.15) is 5.78 Å². The zero-order valence-corrected chi connectivity index (χ0v) is 13.5. The van der Waals surface area contributed by atoms with Crippen LogP contribution in [0.5, 0.6) is 0 Å². The molecule has 1 aromatic rings. The van der Waals surface area contributed by atoms with Crippen molar-refractivity contribution in [3.63, 3.8) is 0 Å². The molecule has 0 aliphatic carbocycles. The Morgan fingerprint density at radius 3 is 1.86 bits per heavy atom. The van der Waals surface area contributed by atoms with Gasteiger partial charge in [0.25, 0.3) is 0 Å². The second-order valence-electron chi connectivity index (χ2n) is 7.45. The van der Waals surface area contributed by atoms with Gasteiger partial charge in [-0.05, 0) is 30.5 Å². The van der Waals surface area contributed by atoms with Gasteiger partial charge in [0, 0.05) is 31.9 Å². The van der Waals surface area contributed by atoms with E-state index in [0.29, 0.717) is 11.9 Å². The highest BCUT2D eigenvalue weighted by Crippen LogP contribution is 2.54. The van der Waals surface area contributed by atoms with Crippen molar-refractivity contribution in [2.45, 2.75) is 32.9 Å². The summed E-state index contributed by atoms with van der Waals surface area (Å²) < 4.78 is 0. The van der Waals surface area contributed by atoms with E-state index in [-0.39, 0.29) is 10.8 Å². The van der Waals surface area contributed by atoms with E-state index in [0.717, 1.165) is 44.7 Å². The molecule has 118 valence electrons. The van der Waals surface area contributed by atoms with Crippen LogP contribution < -0.4 is 5.73 Å². The number of nitrogens with two attached hydrogens (primary N) is 1. The fraction of sp³-hybridized carbons (Fsp3) is 0.611. The molecule has 4 heterocycles. The molecule has 0 radical (unpaired) electrons. The molecule has 4 bridgehead atoms. The lowest BCUT2D eigenvalue weighted by molar-refractivity contribution is -0.204. The maximum Gasteiger partial charge on any atom is 0.150 e. The van der Waals surface area contributed by atoms with Crippen LogP contribution in [0.2, 0.25) is 0 Å². The second kappa shape index (κ2) is 4.56. The van der Waals surface area contributed by atoms with E-state index in [1.807, 2.05) is 12.1 Å². The summed E-state index contributed by atoms with van der Waals surface area (Å²) in [5, 5.41) is 0. The van der Waals surface area contributed by atoms with Gasteiger partial charge < -0.3 is 5.73 Å². The predicted molar refractivity (Wildman–Crippen MR) is 87.2 cm³/mol. The molecular weight excluding hydrogens is 274 g/mol. The summed E-state index contributed by atoms with van der Waals surface area (Å²) in [5.41, 5.74) is 7.66. The number of carbonyl (C=O) groups excluding carboxylic acids is 1. The van der Waals surface area contributed by atoms with Gasteiger partial charge in [0.05, 0.1) is 17.0 Å². The van der Waals surface area contributed by atoms with Crippen LogP contribution in [0.1, 0.15) is 38.4 Å². The van der Waals surface area contributed by atoms with Gasteiger partial charge in [0.2, 0.25) is 0 Å². The van der Waals surface area contributed by atoms with E-state index in [1.54, 1.807) is 0 Å². The first-order valence-corrected chi connectivity index (χ1v) is 8.42. The lowest BCUT2D eigenvalue weighted by atomic mass is 9.58. The van der Waals surface area contributed by atoms with E-state index < -0.39 is 0 Å². The Bertz CT molecular complexity index is 567. The molecule has 0 atom stereocenters. The third-order valence-corrected chi connectivity index (χ3v) is 6.27. The Morgan fingerprint density at radius 2 is 1.45 bits per heavy atom. The summed E-state index contributed by atoms with van der Waals surface area (Å²) in [7, 11) is 0. The van der Waals surface area contributed by atoms with Crippen molar-refractivity contribution >= 4 is 11.5 Å². The summed E-state index contributed by atoms with van der Waals surface area (Å²) in [4.78, 5) is 18.2. The minimum Gasteiger partial charge on any atom is -0.399 e. The molecule has 5 rings (SSSR count). The Kier molecular flexibility index (Phi) is 2.94. The third kappa shape index (κ3) is 1.68. The minimum absolute atomic E-state index is 0.142. The first-order chi connectivity index (χ1) is 10.5. The number of anilines is 1. The van der Waals surface area contributed by atoms with Crippen molar-refractivity contribution < 1.29 is 4.79 Å². The third-order valence-electron chi connectivity index (χ3n) is 6.27. The van der Waals surface area contributed by atoms with E-state index >= 15 is 0 Å². The fourth-order valence-corrected chi connectivity index (χ4v) is 5.05. The molecule has 4 aliphatic heterocycles. The van der Waals surface area contributed by atoms with Crippen molar-refractivity contribution in [2.75, 3.05) is 31.9 Å². The second-order valence-corrected chi connectivity index (χ2v) is 7.45. The Balaban J connectivity index is 1.74. The largest absolute Gasteiger partial charge is 0.399 e. The molecule has 1 aromatic carbocycles. The van der Waals surface area contributed by atoms with Crippen LogP contribution in [0.4, 0.5) is 5.69 Å². The van der Waals surface area contributed by atoms with Crippen LogP contribution >= 0.6 is 0 Å². The number of carbonyl (C=O) groups is 1. The molecule has 22 heavy (non-hydrogen) atoms. The summed E-state index contributed by atoms with van der Waals surface area (Å²) in [6, 6.07) is 8.25. The Labute approximate surface area is 132 Å². The lowest BCUT2D eigenvalue weighted by Gasteiger charge is -2.66. The number of nitrogens with zero attached hydrogens (tertiary/aromatic N) is 2. The van der Waals surface area contributed by atoms with Crippen molar-refractivity contribution in [3.05, 3.63) is 29.8 Å². The maximum atomic E-state index is 13.1. The smallest absolute Gasteiger partial charge is 0.150 e. The Morgan fingerprint density at radius 1 is 1.00 bits per heavy atom. The van der Waals surface area contributed by atoms with E-state index in [9.17, 15) is 4.79 Å². The highest BCUT2D eigenvalue weighted by molar-refractivity contribution is 5.93. The van der Waals surface area contributed by atoms with Crippen molar-refractivity contribution in [1.29, 1.82) is 0 Å². The van der Waals surface area contributed by atoms with Crippen LogP contribution in [0, 0.1) is 10.8 Å². The van der Waals surface area contributed by atoms with Gasteiger partial charge in [-0.1, -0.05) is 26.0 Å². The van der Waals surface area contributed by atoms with Gasteiger partial charge in [-0.25, -0.2) is 0 Å². The van der Waals surface area contributed by atoms with Crippen LogP contribution in [-0.2, 0) is 4.79 Å². The maximum absolute atomic E-state index is 13.1. The molecule has 0 amide bonds. The normalized spacial score (nSPS) is 42.8. The molecular formula is C18H25N3O. The average molecular weight is 299 g/mol. The standard InChI is InChI=1S/C18H25N3O/c1-3-17-9-20-11-18(4-2,16(17)22)12-21(10-17)15(20)13-5-7-14(19)8-6-13/h5-8,15H,3-4,9-12,19H2,1-2H3. The van der Waals surface area contributed by atoms with Gasteiger partial charge in [-0.3, -0.25) is 14.6 Å². The lowest BCUT2D eigenvalue weighted by Crippen LogP contribution is -2.76. The van der Waals surface area contributed by atoms with Gasteiger partial charge >= 0.3 is 0 Å². The summed E-state index contributed by atoms with van der Waals surface area (Å²) in [6.45, 7) is 8.00. The SMILES string of the molecule is CCC12CN3CC(CC)(CN(C1)C3c1ccc(N)cc1)C2=O. The monoisotopic (exact) mass is 299 g/mol. The average Bonchev–Trinajstić information content (AvgIpc) is 2.52. The zero-order valence-electron chi connectivity index (χ0n) is 13.5. The quantitative estimate of drug-likeness (QED) is 0.870. The van der Waals surface area contributed by atoms with Gasteiger partial charge in [0.15, 0.2) is 0 Å². The first-order valence-electron chi connectivity index (χ1n) is 8.42. The highest BCUT2D eigenvalue weighted by Gasteiger charge is 2.64. The predicted octanol–water partition coefficient (Wildman–Crippen LogP) is 2.27. The van der Waals surface area contributed by atoms with Crippen molar-refractivity contribution in [1.82, 2.24) is 9.80 Å². The molecule has 4 saturated heterocycles. The van der Waals surface area contributed by atoms with Crippen LogP contribution in [0.25, 0.3) is 0 Å². The molecule has 4 nitrogen and oxygen atoms in total. The highest BCUT2D eigenvalue weighted by atomic mass is 16.1. The number of rotatable bonds is 3. The summed E-state index contributed by atoms with van der Waals surface area (Å²) in [5.74, 6) is 0.535. The fourth-order valence-electron chi connectivity index (χ4n) is 5.05. The van der Waals surface area contributed by atoms with Gasteiger partial charge in [-0.15, -0.1) is 0 Å². The first kappa shape index (κ1) is 14.2. The number of piperidine rings is 2. The molecule has 0 unspecified atom stereocenters. The molecule has 0 saturated carbocycles. The van der Waals surface area contributed by atoms with Gasteiger partial charge in [-0.2, -0.15) is 0 Å². The molecule has 4 fully saturated rings. The molecule has 0 aromatic heterocycles. The Hall–Kier alpha value is -1.39. The number of ketones is 1. The number of Topliss-reactive ketones (excluding diaryl/α,β-unsaturated/α-hetero) is 1. The van der Waals surface area contributed by atoms with Crippen molar-refractivity contribution in [3.8, 4) is 0 Å². The van der Waals surface area contributed by atoms with E-state index in [4.69, 9.17) is 5.73 Å². The topological polar surface area (TPSA) is 49.6 Å². The zero-order chi connectivity index (χ0) is 15.5. The molecule has 0 spiro atoms. The van der Waals surface area contributed by atoms with Crippen LogP contribution in [0.15, 0.2) is 24.3 Å². The number of hydrogen-bond donors (Lipinski definition) is 1. The number of nitrogen functional groups attached to an aromatic ring is 1. The van der Waals surface area contributed by atoms with Crippen molar-refractivity contribution in [2.24, 2.45) is 10.8 Å². The number of hydrogen-bond acceptors (Lipinski definition) is 4. The van der Waals surface area contributed by atoms with E-state index in [1.165, 1.54) is 5.56 Å². The molecule has 2 N–H and O–H groups in total. The minimum atomic E-state index is -0.142. The molecule has 4 aliphatic rings. The molecule has 4 heteroatoms. The van der Waals surface area contributed by atoms with Crippen LogP contribution in [-0.4, -0.2) is 41.8 Å². The summed E-state index contributed by atoms with van der Waals surface area (Å²) >= 11 is 0. The van der Waals surface area contributed by atoms with E-state index in [2.05, 4.69) is 35.8 Å². The summed E-state index contributed by atoms with van der Waals surface area (Å²) in [6.07, 6.45) is 2.22. The van der Waals surface area contributed by atoms with Crippen LogP contribution in [0.3, 0.4) is 0 Å².